The maximum Gasteiger partial charge on any atom is 0.153 e. The van der Waals surface area contributed by atoms with Crippen molar-refractivity contribution in [1.82, 2.24) is 9.78 Å². The fourth-order valence-corrected chi connectivity index (χ4v) is 0.867. The van der Waals surface area contributed by atoms with Crippen LogP contribution in [0.15, 0.2) is 12.4 Å². The predicted molar refractivity (Wildman–Crippen MR) is 32.2 cm³/mol. The van der Waals surface area contributed by atoms with Gasteiger partial charge in [-0.25, -0.2) is 0 Å². The molecule has 0 aliphatic heterocycles. The van der Waals surface area contributed by atoms with E-state index in [2.05, 4.69) is 5.10 Å². The van der Waals surface area contributed by atoms with Gasteiger partial charge in [-0.15, -0.1) is 0 Å². The molecule has 1 heterocycles. The van der Waals surface area contributed by atoms with E-state index in [1.54, 1.807) is 6.20 Å². The Morgan fingerprint density at radius 1 is 1.67 bits per heavy atom. The molecule has 0 radical (unpaired) electrons. The van der Waals surface area contributed by atoms with Gasteiger partial charge in [0.15, 0.2) is 5.75 Å². The van der Waals surface area contributed by atoms with Crippen molar-refractivity contribution in [2.75, 3.05) is 0 Å². The van der Waals surface area contributed by atoms with Crippen LogP contribution in [-0.2, 0) is 0 Å². The van der Waals surface area contributed by atoms with Crippen molar-refractivity contribution in [1.29, 1.82) is 0 Å². The van der Waals surface area contributed by atoms with Gasteiger partial charge in [0, 0.05) is 0 Å². The van der Waals surface area contributed by atoms with E-state index in [4.69, 9.17) is 5.11 Å². The third kappa shape index (κ3) is 0.781. The van der Waals surface area contributed by atoms with Crippen molar-refractivity contribution in [2.45, 2.75) is 18.9 Å². The number of aromatic hydroxyl groups is 1. The first-order chi connectivity index (χ1) is 4.36. The Morgan fingerprint density at radius 2 is 2.44 bits per heavy atom. The minimum Gasteiger partial charge on any atom is -0.505 e. The highest BCUT2D eigenvalue weighted by Gasteiger charge is 2.23. The predicted octanol–water partition coefficient (Wildman–Crippen LogP) is 0.924. The highest BCUT2D eigenvalue weighted by molar-refractivity contribution is 5.09. The zero-order valence-electron chi connectivity index (χ0n) is 4.99. The fraction of sp³-hybridized carbons (Fsp3) is 0.500. The van der Waals surface area contributed by atoms with Gasteiger partial charge in [0.05, 0.1) is 18.4 Å². The van der Waals surface area contributed by atoms with Crippen LogP contribution in [0.5, 0.6) is 5.75 Å². The summed E-state index contributed by atoms with van der Waals surface area (Å²) in [6, 6.07) is 0.575. The first-order valence-electron chi connectivity index (χ1n) is 3.09. The fourth-order valence-electron chi connectivity index (χ4n) is 0.867. The van der Waals surface area contributed by atoms with E-state index in [0.29, 0.717) is 6.04 Å². The molecule has 0 amide bonds. The van der Waals surface area contributed by atoms with Crippen LogP contribution in [0.4, 0.5) is 0 Å². The van der Waals surface area contributed by atoms with E-state index in [1.807, 2.05) is 4.68 Å². The summed E-state index contributed by atoms with van der Waals surface area (Å²) < 4.78 is 1.81. The Morgan fingerprint density at radius 3 is 2.89 bits per heavy atom. The first kappa shape index (κ1) is 4.85. The van der Waals surface area contributed by atoms with Crippen molar-refractivity contribution in [3.63, 3.8) is 0 Å². The van der Waals surface area contributed by atoms with Crippen molar-refractivity contribution >= 4 is 0 Å². The molecule has 1 N–H and O–H groups in total. The molecule has 0 spiro atoms. The zero-order chi connectivity index (χ0) is 6.27. The molecule has 1 aromatic heterocycles. The number of aromatic nitrogens is 2. The minimum absolute atomic E-state index is 0.266. The van der Waals surface area contributed by atoms with Crippen LogP contribution in [0.3, 0.4) is 0 Å². The summed E-state index contributed by atoms with van der Waals surface area (Å²) in [7, 11) is 0. The van der Waals surface area contributed by atoms with Gasteiger partial charge >= 0.3 is 0 Å². The Hall–Kier alpha value is -0.990. The van der Waals surface area contributed by atoms with E-state index in [0.717, 1.165) is 0 Å². The summed E-state index contributed by atoms with van der Waals surface area (Å²) in [6.45, 7) is 0. The van der Waals surface area contributed by atoms with E-state index in [1.165, 1.54) is 19.0 Å². The molecule has 0 bridgehead atoms. The highest BCUT2D eigenvalue weighted by Crippen LogP contribution is 2.34. The lowest BCUT2D eigenvalue weighted by molar-refractivity contribution is 0.473. The Labute approximate surface area is 52.9 Å². The summed E-state index contributed by atoms with van der Waals surface area (Å²) in [5.41, 5.74) is 0. The van der Waals surface area contributed by atoms with Gasteiger partial charge < -0.3 is 5.11 Å². The maximum atomic E-state index is 8.85. The van der Waals surface area contributed by atoms with Gasteiger partial charge in [-0.1, -0.05) is 0 Å². The molecule has 1 saturated carbocycles. The normalized spacial score (nSPS) is 18.2. The van der Waals surface area contributed by atoms with E-state index < -0.39 is 0 Å². The van der Waals surface area contributed by atoms with Crippen molar-refractivity contribution in [3.8, 4) is 5.75 Å². The number of hydrogen-bond acceptors (Lipinski definition) is 2. The molecule has 1 fully saturated rings. The van der Waals surface area contributed by atoms with Gasteiger partial charge in [-0.2, -0.15) is 5.10 Å². The van der Waals surface area contributed by atoms with E-state index >= 15 is 0 Å². The Bertz CT molecular complexity index is 215. The lowest BCUT2D eigenvalue weighted by Crippen LogP contribution is -1.91. The molecular weight excluding hydrogens is 116 g/mol. The summed E-state index contributed by atoms with van der Waals surface area (Å²) in [6.07, 6.45) is 5.55. The highest BCUT2D eigenvalue weighted by atomic mass is 16.3. The van der Waals surface area contributed by atoms with Crippen LogP contribution in [0.25, 0.3) is 0 Å². The van der Waals surface area contributed by atoms with Crippen molar-refractivity contribution in [2.24, 2.45) is 0 Å². The summed E-state index contributed by atoms with van der Waals surface area (Å²) in [4.78, 5) is 0. The lowest BCUT2D eigenvalue weighted by atomic mass is 10.6. The molecule has 3 heteroatoms. The molecule has 1 aliphatic carbocycles. The van der Waals surface area contributed by atoms with Crippen LogP contribution in [-0.4, -0.2) is 14.9 Å². The average Bonchev–Trinajstić information content (AvgIpc) is 2.58. The largest absolute Gasteiger partial charge is 0.505 e. The van der Waals surface area contributed by atoms with Gasteiger partial charge in [0.2, 0.25) is 0 Å². The van der Waals surface area contributed by atoms with Crippen molar-refractivity contribution < 1.29 is 5.11 Å². The lowest BCUT2D eigenvalue weighted by Gasteiger charge is -1.91. The third-order valence-corrected chi connectivity index (χ3v) is 1.51. The van der Waals surface area contributed by atoms with E-state index in [-0.39, 0.29) is 5.75 Å². The Balaban J connectivity index is 2.28. The van der Waals surface area contributed by atoms with Gasteiger partial charge in [-0.3, -0.25) is 4.68 Å². The molecule has 3 nitrogen and oxygen atoms in total. The van der Waals surface area contributed by atoms with Gasteiger partial charge in [-0.05, 0) is 12.8 Å². The van der Waals surface area contributed by atoms with Gasteiger partial charge in [0.1, 0.15) is 0 Å². The molecule has 9 heavy (non-hydrogen) atoms. The van der Waals surface area contributed by atoms with Crippen molar-refractivity contribution in [3.05, 3.63) is 12.4 Å². The molecule has 1 aromatic rings. The second-order valence-corrected chi connectivity index (χ2v) is 2.41. The number of nitrogens with zero attached hydrogens (tertiary/aromatic N) is 2. The maximum absolute atomic E-state index is 8.85. The second kappa shape index (κ2) is 1.50. The first-order valence-corrected chi connectivity index (χ1v) is 3.09. The third-order valence-electron chi connectivity index (χ3n) is 1.51. The quantitative estimate of drug-likeness (QED) is 0.604. The SMILES string of the molecule is Oc1cnn(C2CC2)c1. The Kier molecular flexibility index (Phi) is 0.806. The minimum atomic E-state index is 0.266. The molecular formula is C6H8N2O. The summed E-state index contributed by atoms with van der Waals surface area (Å²) >= 11 is 0. The van der Waals surface area contributed by atoms with Crippen LogP contribution in [0, 0.1) is 0 Å². The zero-order valence-corrected chi connectivity index (χ0v) is 4.99. The standard InChI is InChI=1S/C6H8N2O/c9-6-3-7-8(4-6)5-1-2-5/h3-5,9H,1-2H2. The molecule has 1 aliphatic rings. The number of hydrogen-bond donors (Lipinski definition) is 1. The summed E-state index contributed by atoms with van der Waals surface area (Å²) in [5.74, 6) is 0.266. The van der Waals surface area contributed by atoms with Gasteiger partial charge in [0.25, 0.3) is 0 Å². The van der Waals surface area contributed by atoms with Crippen LogP contribution in [0.1, 0.15) is 18.9 Å². The van der Waals surface area contributed by atoms with Crippen LogP contribution in [0.2, 0.25) is 0 Å². The average molecular weight is 124 g/mol. The van der Waals surface area contributed by atoms with Crippen LogP contribution < -0.4 is 0 Å². The smallest absolute Gasteiger partial charge is 0.153 e. The molecule has 2 rings (SSSR count). The summed E-state index contributed by atoms with van der Waals surface area (Å²) in [5, 5.41) is 12.8. The molecule has 0 unspecified atom stereocenters. The van der Waals surface area contributed by atoms with Crippen LogP contribution >= 0.6 is 0 Å². The number of rotatable bonds is 1. The topological polar surface area (TPSA) is 38.1 Å². The second-order valence-electron chi connectivity index (χ2n) is 2.41. The molecule has 0 atom stereocenters. The molecule has 0 saturated heterocycles. The van der Waals surface area contributed by atoms with E-state index in [9.17, 15) is 0 Å². The monoisotopic (exact) mass is 124 g/mol. The molecule has 48 valence electrons. The molecule has 0 aromatic carbocycles.